The first kappa shape index (κ1) is 54.6. The highest BCUT2D eigenvalue weighted by Gasteiger charge is 2.19. The predicted molar refractivity (Wildman–Crippen MR) is 247 cm³/mol. The number of carbonyl (C=O) groups is 3. The van der Waals surface area contributed by atoms with E-state index in [2.05, 4.69) is 106 Å². The van der Waals surface area contributed by atoms with Crippen LogP contribution in [0, 0.1) is 0 Å². The average molecular weight is 807 g/mol. The van der Waals surface area contributed by atoms with E-state index in [1.54, 1.807) is 0 Å². The molecule has 0 spiro atoms. The zero-order chi connectivity index (χ0) is 42.3. The molecular formula is C52H86O6. The zero-order valence-electron chi connectivity index (χ0n) is 37.5. The van der Waals surface area contributed by atoms with Crippen LogP contribution in [0.3, 0.4) is 0 Å². The van der Waals surface area contributed by atoms with Gasteiger partial charge in [0.1, 0.15) is 13.2 Å². The molecule has 0 saturated heterocycles. The molecule has 0 bridgehead atoms. The van der Waals surface area contributed by atoms with Crippen LogP contribution in [-0.4, -0.2) is 37.2 Å². The lowest BCUT2D eigenvalue weighted by molar-refractivity contribution is -0.167. The standard InChI is InChI=1S/C52H86O6/c1-4-7-10-13-16-19-22-24-25-26-27-28-31-33-36-39-42-45-51(54)57-48-49(47-56-50(53)44-41-38-35-32-29-21-18-15-12-9-6-3)58-52(55)46-43-40-37-34-30-23-20-17-14-11-8-5-2/h8,11,16-17,19-20,24-25,27-28,30,33-34,36,49H,4-7,9-10,12-15,18,21-23,26,29,31-32,35,37-48H2,1-3H3/b11-8-,19-16-,20-17-,25-24-,28-27-,34-30-,36-33-. The number of unbranched alkanes of at least 4 members (excludes halogenated alkanes) is 16. The Labute approximate surface area is 356 Å². The molecule has 6 heteroatoms. The third-order valence-corrected chi connectivity index (χ3v) is 9.63. The van der Waals surface area contributed by atoms with Crippen molar-refractivity contribution in [2.75, 3.05) is 13.2 Å². The number of allylic oxidation sites excluding steroid dienone is 14. The molecule has 0 aliphatic carbocycles. The molecule has 58 heavy (non-hydrogen) atoms. The van der Waals surface area contributed by atoms with Crippen LogP contribution in [-0.2, 0) is 28.6 Å². The topological polar surface area (TPSA) is 78.9 Å². The smallest absolute Gasteiger partial charge is 0.306 e. The maximum Gasteiger partial charge on any atom is 0.306 e. The SMILES string of the molecule is CC/C=C\C/C=C\C/C=C\CCCCC(=O)OC(COC(=O)CCC/C=C\C/C=C\C/C=C\C/C=C\CCCCC)COC(=O)CCCCCCCCCCCCC. The van der Waals surface area contributed by atoms with E-state index in [-0.39, 0.29) is 44.0 Å². The first-order valence-electron chi connectivity index (χ1n) is 23.6. The molecule has 0 amide bonds. The van der Waals surface area contributed by atoms with E-state index in [1.807, 2.05) is 0 Å². The predicted octanol–water partition coefficient (Wildman–Crippen LogP) is 15.3. The molecule has 0 heterocycles. The van der Waals surface area contributed by atoms with E-state index in [1.165, 1.54) is 77.0 Å². The van der Waals surface area contributed by atoms with Crippen LogP contribution < -0.4 is 0 Å². The third kappa shape index (κ3) is 43.7. The van der Waals surface area contributed by atoms with Crippen molar-refractivity contribution in [3.8, 4) is 0 Å². The quantitative estimate of drug-likeness (QED) is 0.0265. The molecule has 0 aromatic rings. The molecular weight excluding hydrogens is 721 g/mol. The number of hydrogen-bond acceptors (Lipinski definition) is 6. The first-order chi connectivity index (χ1) is 28.5. The second kappa shape index (κ2) is 46.3. The fraction of sp³-hybridized carbons (Fsp3) is 0.673. The summed E-state index contributed by atoms with van der Waals surface area (Å²) in [5.74, 6) is -1.01. The van der Waals surface area contributed by atoms with E-state index in [0.29, 0.717) is 19.3 Å². The molecule has 6 nitrogen and oxygen atoms in total. The normalized spacial score (nSPS) is 12.8. The first-order valence-corrected chi connectivity index (χ1v) is 23.6. The Morgan fingerprint density at radius 1 is 0.362 bits per heavy atom. The van der Waals surface area contributed by atoms with Crippen molar-refractivity contribution < 1.29 is 28.6 Å². The molecule has 1 unspecified atom stereocenters. The van der Waals surface area contributed by atoms with Crippen LogP contribution in [0.5, 0.6) is 0 Å². The average Bonchev–Trinajstić information content (AvgIpc) is 3.22. The van der Waals surface area contributed by atoms with Crippen LogP contribution in [0.4, 0.5) is 0 Å². The summed E-state index contributed by atoms with van der Waals surface area (Å²) in [5.41, 5.74) is 0. The van der Waals surface area contributed by atoms with Gasteiger partial charge < -0.3 is 14.2 Å². The molecule has 0 aromatic carbocycles. The van der Waals surface area contributed by atoms with Crippen molar-refractivity contribution in [1.82, 2.24) is 0 Å². The van der Waals surface area contributed by atoms with Gasteiger partial charge in [-0.1, -0.05) is 183 Å². The number of rotatable bonds is 41. The van der Waals surface area contributed by atoms with E-state index < -0.39 is 6.10 Å². The maximum absolute atomic E-state index is 12.7. The molecule has 0 radical (unpaired) electrons. The Bertz CT molecular complexity index is 1160. The summed E-state index contributed by atoms with van der Waals surface area (Å²) in [6.07, 6.45) is 58.6. The molecule has 0 aliphatic rings. The second-order valence-corrected chi connectivity index (χ2v) is 15.3. The van der Waals surface area contributed by atoms with Crippen LogP contribution in [0.1, 0.15) is 207 Å². The summed E-state index contributed by atoms with van der Waals surface area (Å²) < 4.78 is 16.6. The molecule has 0 fully saturated rings. The van der Waals surface area contributed by atoms with Gasteiger partial charge in [0.05, 0.1) is 0 Å². The van der Waals surface area contributed by atoms with E-state index in [4.69, 9.17) is 14.2 Å². The van der Waals surface area contributed by atoms with Crippen molar-refractivity contribution in [2.45, 2.75) is 213 Å². The van der Waals surface area contributed by atoms with Crippen molar-refractivity contribution >= 4 is 17.9 Å². The fourth-order valence-electron chi connectivity index (χ4n) is 6.09. The molecule has 0 aliphatic heterocycles. The lowest BCUT2D eigenvalue weighted by atomic mass is 10.1. The lowest BCUT2D eigenvalue weighted by Crippen LogP contribution is -2.30. The molecule has 1 atom stereocenters. The van der Waals surface area contributed by atoms with Gasteiger partial charge in [-0.3, -0.25) is 14.4 Å². The van der Waals surface area contributed by atoms with Gasteiger partial charge in [0.2, 0.25) is 0 Å². The molecule has 330 valence electrons. The number of carbonyl (C=O) groups excluding carboxylic acids is 3. The van der Waals surface area contributed by atoms with Crippen molar-refractivity contribution in [3.63, 3.8) is 0 Å². The summed E-state index contributed by atoms with van der Waals surface area (Å²) in [7, 11) is 0. The van der Waals surface area contributed by atoms with Crippen molar-refractivity contribution in [1.29, 1.82) is 0 Å². The van der Waals surface area contributed by atoms with Gasteiger partial charge in [-0.05, 0) is 89.9 Å². The second-order valence-electron chi connectivity index (χ2n) is 15.3. The molecule has 0 aromatic heterocycles. The largest absolute Gasteiger partial charge is 0.462 e. The molecule has 0 rings (SSSR count). The zero-order valence-corrected chi connectivity index (χ0v) is 37.5. The summed E-state index contributed by atoms with van der Waals surface area (Å²) in [5, 5.41) is 0. The fourth-order valence-corrected chi connectivity index (χ4v) is 6.09. The third-order valence-electron chi connectivity index (χ3n) is 9.63. The minimum absolute atomic E-state index is 0.109. The lowest BCUT2D eigenvalue weighted by Gasteiger charge is -2.18. The maximum atomic E-state index is 12.7. The van der Waals surface area contributed by atoms with E-state index in [0.717, 1.165) is 77.0 Å². The highest BCUT2D eigenvalue weighted by Crippen LogP contribution is 2.13. The molecule has 0 saturated carbocycles. The van der Waals surface area contributed by atoms with Gasteiger partial charge in [0.15, 0.2) is 6.10 Å². The van der Waals surface area contributed by atoms with Crippen molar-refractivity contribution in [2.24, 2.45) is 0 Å². The van der Waals surface area contributed by atoms with Crippen molar-refractivity contribution in [3.05, 3.63) is 85.1 Å². The summed E-state index contributed by atoms with van der Waals surface area (Å²) in [4.78, 5) is 37.7. The number of esters is 3. The minimum atomic E-state index is -0.815. The van der Waals surface area contributed by atoms with Crippen LogP contribution in [0.25, 0.3) is 0 Å². The summed E-state index contributed by atoms with van der Waals surface area (Å²) in [6, 6.07) is 0. The number of hydrogen-bond donors (Lipinski definition) is 0. The van der Waals surface area contributed by atoms with Gasteiger partial charge in [0, 0.05) is 19.3 Å². The molecule has 0 N–H and O–H groups in total. The van der Waals surface area contributed by atoms with E-state index >= 15 is 0 Å². The van der Waals surface area contributed by atoms with Gasteiger partial charge in [0.25, 0.3) is 0 Å². The Morgan fingerprint density at radius 3 is 1.16 bits per heavy atom. The Morgan fingerprint density at radius 2 is 0.690 bits per heavy atom. The number of ether oxygens (including phenoxy) is 3. The Hall–Kier alpha value is -3.41. The van der Waals surface area contributed by atoms with Gasteiger partial charge >= 0.3 is 17.9 Å². The van der Waals surface area contributed by atoms with Crippen LogP contribution >= 0.6 is 0 Å². The highest BCUT2D eigenvalue weighted by molar-refractivity contribution is 5.71. The monoisotopic (exact) mass is 807 g/mol. The van der Waals surface area contributed by atoms with Crippen LogP contribution in [0.15, 0.2) is 85.1 Å². The van der Waals surface area contributed by atoms with E-state index in [9.17, 15) is 14.4 Å². The summed E-state index contributed by atoms with van der Waals surface area (Å²) in [6.45, 7) is 6.38. The summed E-state index contributed by atoms with van der Waals surface area (Å²) >= 11 is 0. The van der Waals surface area contributed by atoms with Gasteiger partial charge in [-0.2, -0.15) is 0 Å². The Kier molecular flexibility index (Phi) is 43.6. The van der Waals surface area contributed by atoms with Crippen LogP contribution in [0.2, 0.25) is 0 Å². The highest BCUT2D eigenvalue weighted by atomic mass is 16.6. The van der Waals surface area contributed by atoms with Gasteiger partial charge in [-0.15, -0.1) is 0 Å². The van der Waals surface area contributed by atoms with Gasteiger partial charge in [-0.25, -0.2) is 0 Å². The minimum Gasteiger partial charge on any atom is -0.462 e. The Balaban J connectivity index is 4.51.